The summed E-state index contributed by atoms with van der Waals surface area (Å²) in [6.45, 7) is 10.1. The highest BCUT2D eigenvalue weighted by Crippen LogP contribution is 2.28. The van der Waals surface area contributed by atoms with Gasteiger partial charge in [-0.25, -0.2) is 5.43 Å². The van der Waals surface area contributed by atoms with Gasteiger partial charge in [-0.05, 0) is 45.4 Å². The van der Waals surface area contributed by atoms with Crippen molar-refractivity contribution in [1.82, 2.24) is 5.43 Å². The summed E-state index contributed by atoms with van der Waals surface area (Å²) in [5.74, 6) is -0.0460. The van der Waals surface area contributed by atoms with Crippen LogP contribution in [0.5, 0.6) is 0 Å². The molecule has 1 aromatic rings. The first-order chi connectivity index (χ1) is 9.00. The van der Waals surface area contributed by atoms with E-state index in [9.17, 15) is 4.79 Å². The Hall–Kier alpha value is -1.84. The van der Waals surface area contributed by atoms with Gasteiger partial charge in [0.1, 0.15) is 0 Å². The van der Waals surface area contributed by atoms with Crippen molar-refractivity contribution in [3.8, 4) is 0 Å². The van der Waals surface area contributed by atoms with E-state index in [0.717, 1.165) is 24.4 Å². The molecule has 0 fully saturated rings. The summed E-state index contributed by atoms with van der Waals surface area (Å²) in [5.41, 5.74) is 5.00. The van der Waals surface area contributed by atoms with Crippen LogP contribution in [-0.2, 0) is 4.79 Å². The average molecular weight is 259 g/mol. The fourth-order valence-electron chi connectivity index (χ4n) is 2.34. The number of amides is 1. The molecular weight excluding hydrogens is 238 g/mol. The van der Waals surface area contributed by atoms with Gasteiger partial charge in [-0.3, -0.25) is 4.79 Å². The van der Waals surface area contributed by atoms with Crippen LogP contribution >= 0.6 is 0 Å². The standard InChI is InChI=1S/C15H21N3O/c1-5-18(6-2)12-9-7-11(8-10-12)13-15(3,4)14(19)17-16-13/h7-10H,5-6H2,1-4H3,(H,17,19). The maximum absolute atomic E-state index is 11.7. The third-order valence-corrected chi connectivity index (χ3v) is 3.70. The van der Waals surface area contributed by atoms with Crippen LogP contribution in [0.15, 0.2) is 29.4 Å². The van der Waals surface area contributed by atoms with E-state index in [1.54, 1.807) is 0 Å². The number of nitrogens with one attached hydrogen (secondary N) is 1. The second-order valence-corrected chi connectivity index (χ2v) is 5.25. The topological polar surface area (TPSA) is 44.7 Å². The van der Waals surface area contributed by atoms with E-state index < -0.39 is 5.41 Å². The zero-order valence-corrected chi connectivity index (χ0v) is 12.0. The van der Waals surface area contributed by atoms with Gasteiger partial charge in [0.2, 0.25) is 0 Å². The lowest BCUT2D eigenvalue weighted by Crippen LogP contribution is -2.32. The van der Waals surface area contributed by atoms with Crippen LogP contribution < -0.4 is 10.3 Å². The predicted molar refractivity (Wildman–Crippen MR) is 78.5 cm³/mol. The molecule has 1 heterocycles. The van der Waals surface area contributed by atoms with Gasteiger partial charge in [0.15, 0.2) is 0 Å². The monoisotopic (exact) mass is 259 g/mol. The summed E-state index contributed by atoms with van der Waals surface area (Å²) in [5, 5.41) is 4.16. The van der Waals surface area contributed by atoms with E-state index in [1.807, 2.05) is 26.0 Å². The van der Waals surface area contributed by atoms with Crippen molar-refractivity contribution in [3.63, 3.8) is 0 Å². The normalized spacial score (nSPS) is 17.1. The summed E-state index contributed by atoms with van der Waals surface area (Å²) in [6, 6.07) is 8.25. The van der Waals surface area contributed by atoms with Gasteiger partial charge in [-0.2, -0.15) is 5.10 Å². The molecule has 0 bridgehead atoms. The lowest BCUT2D eigenvalue weighted by molar-refractivity contribution is -0.125. The minimum Gasteiger partial charge on any atom is -0.372 e. The van der Waals surface area contributed by atoms with Gasteiger partial charge in [0.05, 0.1) is 11.1 Å². The first kappa shape index (κ1) is 13.6. The fourth-order valence-corrected chi connectivity index (χ4v) is 2.34. The van der Waals surface area contributed by atoms with Gasteiger partial charge in [-0.1, -0.05) is 12.1 Å². The minimum absolute atomic E-state index is 0.0460. The quantitative estimate of drug-likeness (QED) is 0.902. The highest BCUT2D eigenvalue weighted by atomic mass is 16.2. The first-order valence-corrected chi connectivity index (χ1v) is 6.74. The van der Waals surface area contributed by atoms with Gasteiger partial charge in [0.25, 0.3) is 5.91 Å². The van der Waals surface area contributed by atoms with Gasteiger partial charge >= 0.3 is 0 Å². The summed E-state index contributed by atoms with van der Waals surface area (Å²) in [6.07, 6.45) is 0. The van der Waals surface area contributed by atoms with Crippen molar-refractivity contribution in [2.24, 2.45) is 10.5 Å². The van der Waals surface area contributed by atoms with Crippen molar-refractivity contribution in [2.75, 3.05) is 18.0 Å². The number of hydrogen-bond acceptors (Lipinski definition) is 3. The molecule has 1 amide bonds. The minimum atomic E-state index is -0.559. The average Bonchev–Trinajstić information content (AvgIpc) is 2.67. The second kappa shape index (κ2) is 5.03. The highest BCUT2D eigenvalue weighted by Gasteiger charge is 2.39. The van der Waals surface area contributed by atoms with Crippen LogP contribution in [-0.4, -0.2) is 24.7 Å². The van der Waals surface area contributed by atoms with Crippen molar-refractivity contribution < 1.29 is 4.79 Å². The predicted octanol–water partition coefficient (Wildman–Crippen LogP) is 2.39. The molecule has 2 rings (SSSR count). The zero-order chi connectivity index (χ0) is 14.0. The molecule has 1 N–H and O–H groups in total. The Balaban J connectivity index is 2.27. The lowest BCUT2D eigenvalue weighted by Gasteiger charge is -2.22. The van der Waals surface area contributed by atoms with Crippen LogP contribution in [0, 0.1) is 5.41 Å². The summed E-state index contributed by atoms with van der Waals surface area (Å²) < 4.78 is 0. The fraction of sp³-hybridized carbons (Fsp3) is 0.467. The molecule has 0 saturated heterocycles. The molecule has 0 radical (unpaired) electrons. The largest absolute Gasteiger partial charge is 0.372 e. The Morgan fingerprint density at radius 3 is 2.16 bits per heavy atom. The molecule has 0 atom stereocenters. The lowest BCUT2D eigenvalue weighted by atomic mass is 9.84. The van der Waals surface area contributed by atoms with Crippen LogP contribution in [0.3, 0.4) is 0 Å². The molecular formula is C15H21N3O. The SMILES string of the molecule is CCN(CC)c1ccc(C2=NNC(=O)C2(C)C)cc1. The maximum Gasteiger partial charge on any atom is 0.251 e. The Morgan fingerprint density at radius 2 is 1.74 bits per heavy atom. The highest BCUT2D eigenvalue weighted by molar-refractivity contribution is 6.19. The third kappa shape index (κ3) is 2.35. The number of nitrogens with zero attached hydrogens (tertiary/aromatic N) is 2. The Morgan fingerprint density at radius 1 is 1.16 bits per heavy atom. The number of rotatable bonds is 4. The van der Waals surface area contributed by atoms with Gasteiger partial charge < -0.3 is 4.90 Å². The third-order valence-electron chi connectivity index (χ3n) is 3.70. The van der Waals surface area contributed by atoms with E-state index in [4.69, 9.17) is 0 Å². The van der Waals surface area contributed by atoms with Gasteiger partial charge in [0, 0.05) is 18.8 Å². The van der Waals surface area contributed by atoms with E-state index >= 15 is 0 Å². The number of hydrogen-bond donors (Lipinski definition) is 1. The number of anilines is 1. The van der Waals surface area contributed by atoms with E-state index in [1.165, 1.54) is 5.69 Å². The van der Waals surface area contributed by atoms with Gasteiger partial charge in [-0.15, -0.1) is 0 Å². The van der Waals surface area contributed by atoms with E-state index in [0.29, 0.717) is 0 Å². The molecule has 1 aromatic carbocycles. The molecule has 0 saturated carbocycles. The van der Waals surface area contributed by atoms with Crippen LogP contribution in [0.25, 0.3) is 0 Å². The smallest absolute Gasteiger partial charge is 0.251 e. The maximum atomic E-state index is 11.7. The van der Waals surface area contributed by atoms with E-state index in [2.05, 4.69) is 41.4 Å². The molecule has 0 spiro atoms. The first-order valence-electron chi connectivity index (χ1n) is 6.74. The molecule has 19 heavy (non-hydrogen) atoms. The number of benzene rings is 1. The number of hydrazone groups is 1. The molecule has 0 aromatic heterocycles. The van der Waals surface area contributed by atoms with Crippen LogP contribution in [0.1, 0.15) is 33.3 Å². The second-order valence-electron chi connectivity index (χ2n) is 5.25. The van der Waals surface area contributed by atoms with Crippen molar-refractivity contribution in [1.29, 1.82) is 0 Å². The summed E-state index contributed by atoms with van der Waals surface area (Å²) in [7, 11) is 0. The molecule has 4 nitrogen and oxygen atoms in total. The molecule has 102 valence electrons. The molecule has 0 unspecified atom stereocenters. The summed E-state index contributed by atoms with van der Waals surface area (Å²) >= 11 is 0. The Bertz CT molecular complexity index is 499. The zero-order valence-electron chi connectivity index (χ0n) is 12.0. The molecule has 1 aliphatic rings. The Labute approximate surface area is 114 Å². The Kier molecular flexibility index (Phi) is 3.60. The van der Waals surface area contributed by atoms with Crippen LogP contribution in [0.4, 0.5) is 5.69 Å². The molecule has 0 aliphatic carbocycles. The van der Waals surface area contributed by atoms with E-state index in [-0.39, 0.29) is 5.91 Å². The van der Waals surface area contributed by atoms with Crippen molar-refractivity contribution >= 4 is 17.3 Å². The number of carbonyl (C=O) groups is 1. The number of carbonyl (C=O) groups excluding carboxylic acids is 1. The van der Waals surface area contributed by atoms with Crippen molar-refractivity contribution in [2.45, 2.75) is 27.7 Å². The molecule has 1 aliphatic heterocycles. The van der Waals surface area contributed by atoms with Crippen LogP contribution in [0.2, 0.25) is 0 Å². The summed E-state index contributed by atoms with van der Waals surface area (Å²) in [4.78, 5) is 14.0. The van der Waals surface area contributed by atoms with Crippen molar-refractivity contribution in [3.05, 3.63) is 29.8 Å². The molecule has 4 heteroatoms.